The van der Waals surface area contributed by atoms with Crippen molar-refractivity contribution in [1.29, 1.82) is 0 Å². The first-order valence-corrected chi connectivity index (χ1v) is 15.9. The normalized spacial score (nSPS) is 16.2. The molecule has 2 unspecified atom stereocenters. The van der Waals surface area contributed by atoms with Gasteiger partial charge >= 0.3 is 0 Å². The van der Waals surface area contributed by atoms with Gasteiger partial charge in [0.05, 0.1) is 52.9 Å². The highest BCUT2D eigenvalue weighted by atomic mass is 32.2. The Balaban J connectivity index is 1.58. The average Bonchev–Trinajstić information content (AvgIpc) is 3.53. The average molecular weight is 614 g/mol. The fourth-order valence-electron chi connectivity index (χ4n) is 5.47. The van der Waals surface area contributed by atoms with Gasteiger partial charge in [0.25, 0.3) is 0 Å². The van der Waals surface area contributed by atoms with E-state index >= 15 is 0 Å². The predicted octanol–water partition coefficient (Wildman–Crippen LogP) is 8.25. The highest BCUT2D eigenvalue weighted by Crippen LogP contribution is 2.48. The minimum atomic E-state index is -0.233. The van der Waals surface area contributed by atoms with Crippen molar-refractivity contribution in [2.45, 2.75) is 56.6 Å². The zero-order valence-electron chi connectivity index (χ0n) is 26.1. The molecule has 0 aliphatic carbocycles. The summed E-state index contributed by atoms with van der Waals surface area (Å²) in [4.78, 5) is 3.38. The van der Waals surface area contributed by atoms with E-state index in [4.69, 9.17) is 28.4 Å². The van der Waals surface area contributed by atoms with Gasteiger partial charge in [0.2, 0.25) is 5.75 Å². The summed E-state index contributed by atoms with van der Waals surface area (Å²) in [5, 5.41) is 0. The van der Waals surface area contributed by atoms with Crippen LogP contribution >= 0.6 is 11.8 Å². The van der Waals surface area contributed by atoms with Crippen molar-refractivity contribution in [3.05, 3.63) is 65.5 Å². The zero-order chi connectivity index (χ0) is 30.8. The number of rotatable bonds is 16. The van der Waals surface area contributed by atoms with Gasteiger partial charge in [-0.05, 0) is 85.3 Å². The molecule has 1 heterocycles. The van der Waals surface area contributed by atoms with Gasteiger partial charge in [0, 0.05) is 23.7 Å². The van der Waals surface area contributed by atoms with Gasteiger partial charge in [-0.3, -0.25) is 0 Å². The summed E-state index contributed by atoms with van der Waals surface area (Å²) in [5.41, 5.74) is 3.07. The van der Waals surface area contributed by atoms with Crippen molar-refractivity contribution in [3.8, 4) is 28.7 Å². The lowest BCUT2D eigenvalue weighted by Gasteiger charge is -2.28. The maximum atomic E-state index is 13.3. The first-order chi connectivity index (χ1) is 21.0. The maximum absolute atomic E-state index is 13.3. The number of benzene rings is 3. The topological polar surface area (TPSA) is 58.6 Å². The molecule has 1 aliphatic heterocycles. The van der Waals surface area contributed by atoms with Crippen LogP contribution in [0.25, 0.3) is 0 Å². The molecule has 0 bridgehead atoms. The molecule has 1 aliphatic rings. The minimum absolute atomic E-state index is 0.107. The van der Waals surface area contributed by atoms with E-state index in [0.717, 1.165) is 72.0 Å². The number of methoxy groups -OCH3 is 4. The van der Waals surface area contributed by atoms with E-state index < -0.39 is 0 Å². The molecule has 0 spiro atoms. The Kier molecular flexibility index (Phi) is 12.1. The molecule has 0 radical (unpaired) electrons. The third-order valence-corrected chi connectivity index (χ3v) is 8.44. The molecule has 234 valence electrons. The first-order valence-electron chi connectivity index (χ1n) is 14.9. The van der Waals surface area contributed by atoms with Gasteiger partial charge in [0.15, 0.2) is 23.0 Å². The van der Waals surface area contributed by atoms with Crippen molar-refractivity contribution < 1.29 is 32.8 Å². The van der Waals surface area contributed by atoms with Crippen molar-refractivity contribution in [3.63, 3.8) is 0 Å². The predicted molar refractivity (Wildman–Crippen MR) is 170 cm³/mol. The van der Waals surface area contributed by atoms with Crippen LogP contribution in [0.3, 0.4) is 0 Å². The maximum Gasteiger partial charge on any atom is 0.203 e. The fraction of sp³-hybridized carbons (Fsp3) is 0.471. The molecule has 2 atom stereocenters. The van der Waals surface area contributed by atoms with Crippen LogP contribution < -0.4 is 28.6 Å². The Bertz CT molecular complexity index is 1290. The van der Waals surface area contributed by atoms with Crippen LogP contribution in [0.2, 0.25) is 0 Å². The number of thioether (sulfide) groups is 1. The summed E-state index contributed by atoms with van der Waals surface area (Å²) in [6.07, 6.45) is 3.51. The number of hydrogen-bond acceptors (Lipinski definition) is 8. The molecule has 1 saturated heterocycles. The van der Waals surface area contributed by atoms with Gasteiger partial charge in [-0.25, -0.2) is 4.39 Å². The third-order valence-electron chi connectivity index (χ3n) is 7.47. The molecule has 4 rings (SSSR count). The lowest BCUT2D eigenvalue weighted by Crippen LogP contribution is -2.26. The van der Waals surface area contributed by atoms with Crippen molar-refractivity contribution in [1.82, 2.24) is 0 Å². The quantitative estimate of drug-likeness (QED) is 0.118. The molecule has 3 aromatic carbocycles. The smallest absolute Gasteiger partial charge is 0.203 e. The Morgan fingerprint density at radius 3 is 1.81 bits per heavy atom. The second-order valence-corrected chi connectivity index (χ2v) is 11.5. The Hall–Kier alpha value is -3.30. The summed E-state index contributed by atoms with van der Waals surface area (Å²) in [5.74, 6) is 3.71. The van der Waals surface area contributed by atoms with Crippen LogP contribution in [0.15, 0.2) is 53.4 Å². The highest BCUT2D eigenvalue weighted by molar-refractivity contribution is 7.99. The Morgan fingerprint density at radius 2 is 1.30 bits per heavy atom. The van der Waals surface area contributed by atoms with E-state index in [1.54, 1.807) is 52.3 Å². The van der Waals surface area contributed by atoms with Crippen molar-refractivity contribution >= 4 is 17.4 Å². The standard InChI is InChI=1S/C34H44FNO6S/c1-7-15-36(16-8-2)27-19-23(20-30(37-3)33(27)41-17-18-43-26-11-9-25(35)10-12-26)28-13-14-29(42-28)24-21-31(38-4)34(40-6)32(22-24)39-5/h9-12,19-22,28-29H,7-8,13-18H2,1-6H3. The van der Waals surface area contributed by atoms with Gasteiger partial charge in [-0.1, -0.05) is 13.8 Å². The molecular weight excluding hydrogens is 569 g/mol. The van der Waals surface area contributed by atoms with Gasteiger partial charge < -0.3 is 33.3 Å². The molecule has 0 aromatic heterocycles. The van der Waals surface area contributed by atoms with Crippen LogP contribution in [0.5, 0.6) is 28.7 Å². The molecule has 1 fully saturated rings. The summed E-state index contributed by atoms with van der Waals surface area (Å²) >= 11 is 1.63. The Labute approximate surface area is 259 Å². The van der Waals surface area contributed by atoms with Crippen molar-refractivity contribution in [2.24, 2.45) is 0 Å². The number of halogens is 1. The summed E-state index contributed by atoms with van der Waals surface area (Å²) in [6, 6.07) is 14.7. The molecule has 3 aromatic rings. The second-order valence-electron chi connectivity index (χ2n) is 10.4. The molecule has 0 amide bonds. The molecule has 0 saturated carbocycles. The SMILES string of the molecule is CCCN(CCC)c1cc(C2CCC(c3cc(OC)c(OC)c(OC)c3)O2)cc(OC)c1OCCSc1ccc(F)cc1. The third kappa shape index (κ3) is 8.00. The van der Waals surface area contributed by atoms with E-state index in [-0.39, 0.29) is 18.0 Å². The van der Waals surface area contributed by atoms with Crippen molar-refractivity contribution in [2.75, 3.05) is 58.8 Å². The van der Waals surface area contributed by atoms with Gasteiger partial charge in [0.1, 0.15) is 5.82 Å². The van der Waals surface area contributed by atoms with Gasteiger partial charge in [-0.15, -0.1) is 11.8 Å². The summed E-state index contributed by atoms with van der Waals surface area (Å²) in [6.45, 7) is 6.67. The molecule has 43 heavy (non-hydrogen) atoms. The molecular formula is C34H44FNO6S. The second kappa shape index (κ2) is 16.0. The van der Waals surface area contributed by atoms with E-state index in [1.165, 1.54) is 12.1 Å². The van der Waals surface area contributed by atoms with Crippen LogP contribution in [0.1, 0.15) is 62.9 Å². The lowest BCUT2D eigenvalue weighted by atomic mass is 10.0. The monoisotopic (exact) mass is 613 g/mol. The van der Waals surface area contributed by atoms with Gasteiger partial charge in [-0.2, -0.15) is 0 Å². The highest BCUT2D eigenvalue weighted by Gasteiger charge is 2.31. The van der Waals surface area contributed by atoms with E-state index in [1.807, 2.05) is 18.2 Å². The first kappa shape index (κ1) is 32.6. The fourth-order valence-corrected chi connectivity index (χ4v) is 6.20. The van der Waals surface area contributed by atoms with E-state index in [9.17, 15) is 4.39 Å². The lowest BCUT2D eigenvalue weighted by molar-refractivity contribution is 0.0437. The van der Waals surface area contributed by atoms with E-state index in [0.29, 0.717) is 29.6 Å². The number of anilines is 1. The van der Waals surface area contributed by atoms with Crippen LogP contribution in [0.4, 0.5) is 10.1 Å². The number of hydrogen-bond donors (Lipinski definition) is 0. The molecule has 9 heteroatoms. The summed E-state index contributed by atoms with van der Waals surface area (Å²) < 4.78 is 48.9. The van der Waals surface area contributed by atoms with E-state index in [2.05, 4.69) is 24.8 Å². The van der Waals surface area contributed by atoms with Crippen LogP contribution in [-0.4, -0.2) is 53.9 Å². The number of nitrogens with zero attached hydrogens (tertiary/aromatic N) is 1. The zero-order valence-corrected chi connectivity index (χ0v) is 26.9. The van der Waals surface area contributed by atoms with Crippen LogP contribution in [-0.2, 0) is 4.74 Å². The largest absolute Gasteiger partial charge is 0.493 e. The number of ether oxygens (including phenoxy) is 6. The minimum Gasteiger partial charge on any atom is -0.493 e. The molecule has 7 nitrogen and oxygen atoms in total. The summed E-state index contributed by atoms with van der Waals surface area (Å²) in [7, 11) is 6.53. The molecule has 0 N–H and O–H groups in total. The van der Waals surface area contributed by atoms with Crippen LogP contribution in [0, 0.1) is 5.82 Å². The Morgan fingerprint density at radius 1 is 0.767 bits per heavy atom.